The predicted octanol–water partition coefficient (Wildman–Crippen LogP) is 12.2. The van der Waals surface area contributed by atoms with Gasteiger partial charge in [-0.2, -0.15) is 9.97 Å². The lowest BCUT2D eigenvalue weighted by atomic mass is 9.99. The van der Waals surface area contributed by atoms with Gasteiger partial charge in [0, 0.05) is 52.8 Å². The number of benzene rings is 7. The first-order valence-electron chi connectivity index (χ1n) is 19.0. The highest BCUT2D eigenvalue weighted by Gasteiger charge is 2.21. The molecule has 0 amide bonds. The van der Waals surface area contributed by atoms with Crippen LogP contribution in [-0.4, -0.2) is 19.5 Å². The quantitative estimate of drug-likeness (QED) is 0.186. The van der Waals surface area contributed by atoms with Gasteiger partial charge in [0.2, 0.25) is 5.95 Å². The van der Waals surface area contributed by atoms with Crippen LogP contribution in [0.3, 0.4) is 0 Å². The maximum absolute atomic E-state index is 8.87. The Hall–Kier alpha value is -6.63. The molecule has 5 nitrogen and oxygen atoms in total. The standard InChI is InChI=1S/C45H26N4OS/c1-3-12-27(13-4-1)30-18-11-20-36-40(30)32-23-22-29(26-37(32)50-36)44-46-43(28-14-5-2-6-15-28)47-45(48-44)49-34-19-9-7-16-31(34)41-35(49)24-25-39-42(41)33-17-8-10-21-38(33)51-39/h1-26H/i2D,5D,6D,14D,15D. The van der Waals surface area contributed by atoms with Crippen LogP contribution in [0.1, 0.15) is 6.85 Å². The monoisotopic (exact) mass is 675 g/mol. The van der Waals surface area contributed by atoms with Gasteiger partial charge in [-0.25, -0.2) is 4.98 Å². The van der Waals surface area contributed by atoms with Crippen LogP contribution in [0.5, 0.6) is 0 Å². The minimum Gasteiger partial charge on any atom is -0.456 e. The third-order valence-electron chi connectivity index (χ3n) is 9.56. The zero-order valence-electron chi connectivity index (χ0n) is 31.7. The molecule has 238 valence electrons. The first-order valence-corrected chi connectivity index (χ1v) is 17.4. The summed E-state index contributed by atoms with van der Waals surface area (Å²) in [6.45, 7) is 0. The molecule has 11 aromatic rings. The van der Waals surface area contributed by atoms with Gasteiger partial charge < -0.3 is 4.42 Å². The van der Waals surface area contributed by atoms with Crippen LogP contribution >= 0.6 is 11.3 Å². The van der Waals surface area contributed by atoms with Crippen molar-refractivity contribution in [2.24, 2.45) is 0 Å². The Kier molecular flexibility index (Phi) is 5.08. The van der Waals surface area contributed by atoms with E-state index in [4.69, 9.17) is 26.2 Å². The summed E-state index contributed by atoms with van der Waals surface area (Å²) in [4.78, 5) is 14.9. The van der Waals surface area contributed by atoms with Crippen molar-refractivity contribution in [3.05, 3.63) is 158 Å². The number of thiophene rings is 1. The van der Waals surface area contributed by atoms with Gasteiger partial charge in [-0.15, -0.1) is 11.3 Å². The molecule has 0 spiro atoms. The fourth-order valence-corrected chi connectivity index (χ4v) is 8.49. The highest BCUT2D eigenvalue weighted by atomic mass is 32.1. The largest absolute Gasteiger partial charge is 0.456 e. The molecular weight excluding hydrogens is 645 g/mol. The van der Waals surface area contributed by atoms with Crippen LogP contribution in [0.2, 0.25) is 0 Å². The molecule has 0 atom stereocenters. The summed E-state index contributed by atoms with van der Waals surface area (Å²) in [5.74, 6) is 0.472. The van der Waals surface area contributed by atoms with Gasteiger partial charge in [0.25, 0.3) is 0 Å². The van der Waals surface area contributed by atoms with E-state index in [9.17, 15) is 0 Å². The molecule has 0 unspecified atom stereocenters. The smallest absolute Gasteiger partial charge is 0.238 e. The van der Waals surface area contributed by atoms with E-state index >= 15 is 0 Å². The van der Waals surface area contributed by atoms with Crippen molar-refractivity contribution in [3.63, 3.8) is 0 Å². The summed E-state index contributed by atoms with van der Waals surface area (Å²) < 4.78 is 53.7. The van der Waals surface area contributed by atoms with Gasteiger partial charge in [0.15, 0.2) is 11.6 Å². The Balaban J connectivity index is 1.21. The summed E-state index contributed by atoms with van der Waals surface area (Å²) in [5.41, 5.74) is 5.74. The topological polar surface area (TPSA) is 56.7 Å². The van der Waals surface area contributed by atoms with Gasteiger partial charge >= 0.3 is 0 Å². The van der Waals surface area contributed by atoms with E-state index in [-0.39, 0.29) is 23.2 Å². The van der Waals surface area contributed by atoms with Crippen LogP contribution < -0.4 is 0 Å². The van der Waals surface area contributed by atoms with Crippen LogP contribution in [0, 0.1) is 0 Å². The maximum Gasteiger partial charge on any atom is 0.238 e. The molecule has 4 heterocycles. The molecule has 0 fully saturated rings. The second kappa shape index (κ2) is 10.9. The second-order valence-electron chi connectivity index (χ2n) is 12.4. The Morgan fingerprint density at radius 3 is 2.18 bits per heavy atom. The zero-order valence-corrected chi connectivity index (χ0v) is 27.5. The van der Waals surface area contributed by atoms with Crippen LogP contribution in [-0.2, 0) is 0 Å². The molecule has 4 aromatic heterocycles. The van der Waals surface area contributed by atoms with E-state index in [0.29, 0.717) is 11.1 Å². The molecule has 0 aliphatic rings. The number of para-hydroxylation sites is 1. The molecule has 7 aromatic carbocycles. The highest BCUT2D eigenvalue weighted by Crippen LogP contribution is 2.43. The summed E-state index contributed by atoms with van der Waals surface area (Å²) in [5, 5.41) is 6.29. The molecule has 0 aliphatic carbocycles. The van der Waals surface area contributed by atoms with Crippen molar-refractivity contribution < 1.29 is 11.3 Å². The molecule has 0 saturated heterocycles. The van der Waals surface area contributed by atoms with Gasteiger partial charge in [-0.1, -0.05) is 115 Å². The summed E-state index contributed by atoms with van der Waals surface area (Å²) in [6.07, 6.45) is 0. The van der Waals surface area contributed by atoms with Gasteiger partial charge in [-0.3, -0.25) is 4.57 Å². The number of aromatic nitrogens is 4. The van der Waals surface area contributed by atoms with Crippen molar-refractivity contribution in [1.82, 2.24) is 19.5 Å². The Labute approximate surface area is 302 Å². The van der Waals surface area contributed by atoms with Crippen molar-refractivity contribution in [2.75, 3.05) is 0 Å². The lowest BCUT2D eigenvalue weighted by Gasteiger charge is -2.11. The minimum absolute atomic E-state index is 0.0361. The molecule has 51 heavy (non-hydrogen) atoms. The minimum atomic E-state index is -0.488. The first-order chi connectivity index (χ1) is 27.4. The number of nitrogens with zero attached hydrogens (tertiary/aromatic N) is 4. The molecule has 6 heteroatoms. The van der Waals surface area contributed by atoms with Crippen molar-refractivity contribution in [2.45, 2.75) is 0 Å². The highest BCUT2D eigenvalue weighted by molar-refractivity contribution is 7.26. The van der Waals surface area contributed by atoms with Gasteiger partial charge in [0.05, 0.1) is 17.9 Å². The average Bonchev–Trinajstić information content (AvgIpc) is 3.91. The van der Waals surface area contributed by atoms with E-state index in [2.05, 4.69) is 60.7 Å². The Bertz CT molecular complexity index is 3420. The third kappa shape index (κ3) is 4.30. The summed E-state index contributed by atoms with van der Waals surface area (Å²) in [6, 6.07) is 40.5. The molecular formula is C45H26N4OS. The SMILES string of the molecule is [2H]c1c([2H])c([2H])c(-c2nc(-c3ccc4c(c3)oc3cccc(-c5ccccc5)c34)nc(-n3c4ccccc4c4c5c(ccc43)sc3ccccc35)n2)c([2H])c1[2H]. The number of hydrogen-bond donors (Lipinski definition) is 0. The van der Waals surface area contributed by atoms with Crippen molar-refractivity contribution in [1.29, 1.82) is 0 Å². The van der Waals surface area contributed by atoms with Crippen LogP contribution in [0.25, 0.3) is 104 Å². The fraction of sp³-hybridized carbons (Fsp3) is 0. The first kappa shape index (κ1) is 23.7. The normalized spacial score (nSPS) is 13.3. The van der Waals surface area contributed by atoms with Gasteiger partial charge in [0.1, 0.15) is 11.2 Å². The zero-order chi connectivity index (χ0) is 37.8. The fourth-order valence-electron chi connectivity index (χ4n) is 7.38. The van der Waals surface area contributed by atoms with Crippen molar-refractivity contribution >= 4 is 75.3 Å². The van der Waals surface area contributed by atoms with Crippen molar-refractivity contribution in [3.8, 4) is 39.9 Å². The number of fused-ring (bicyclic) bond motifs is 10. The molecule has 0 bridgehead atoms. The predicted molar refractivity (Wildman–Crippen MR) is 211 cm³/mol. The van der Waals surface area contributed by atoms with E-state index in [0.717, 1.165) is 64.8 Å². The van der Waals surface area contributed by atoms with E-state index < -0.39 is 30.2 Å². The van der Waals surface area contributed by atoms with Crippen LogP contribution in [0.15, 0.2) is 162 Å². The number of hydrogen-bond acceptors (Lipinski definition) is 5. The summed E-state index contributed by atoms with van der Waals surface area (Å²) in [7, 11) is 0. The third-order valence-corrected chi connectivity index (χ3v) is 10.7. The maximum atomic E-state index is 8.87. The van der Waals surface area contributed by atoms with E-state index in [1.165, 1.54) is 4.70 Å². The van der Waals surface area contributed by atoms with E-state index in [1.807, 2.05) is 71.3 Å². The van der Waals surface area contributed by atoms with E-state index in [1.54, 1.807) is 11.3 Å². The Morgan fingerprint density at radius 2 is 1.29 bits per heavy atom. The Morgan fingerprint density at radius 1 is 0.510 bits per heavy atom. The average molecular weight is 676 g/mol. The second-order valence-corrected chi connectivity index (χ2v) is 13.5. The van der Waals surface area contributed by atoms with Gasteiger partial charge in [-0.05, 0) is 53.6 Å². The lowest BCUT2D eigenvalue weighted by molar-refractivity contribution is 0.669. The van der Waals surface area contributed by atoms with Crippen LogP contribution in [0.4, 0.5) is 0 Å². The number of rotatable bonds is 4. The molecule has 0 radical (unpaired) electrons. The molecule has 11 rings (SSSR count). The number of furan rings is 1. The molecule has 0 aliphatic heterocycles. The molecule has 0 N–H and O–H groups in total. The summed E-state index contributed by atoms with van der Waals surface area (Å²) >= 11 is 1.75. The molecule has 0 saturated carbocycles. The lowest BCUT2D eigenvalue weighted by Crippen LogP contribution is -2.06.